The lowest BCUT2D eigenvalue weighted by Gasteiger charge is -2.25. The van der Waals surface area contributed by atoms with E-state index >= 15 is 0 Å². The smallest absolute Gasteiger partial charge is 0.255 e. The molecule has 4 aromatic rings. The number of nitrogens with one attached hydrogen (secondary N) is 1. The highest BCUT2D eigenvalue weighted by atomic mass is 32.2. The highest BCUT2D eigenvalue weighted by molar-refractivity contribution is 7.99. The molecular weight excluding hydrogens is 488 g/mol. The number of carbonyl (C=O) groups excluding carboxylic acids is 1. The van der Waals surface area contributed by atoms with Gasteiger partial charge < -0.3 is 5.32 Å². The summed E-state index contributed by atoms with van der Waals surface area (Å²) in [5, 5.41) is 3.01. The highest BCUT2D eigenvalue weighted by Crippen LogP contribution is 2.33. The van der Waals surface area contributed by atoms with Gasteiger partial charge in [-0.25, -0.2) is 8.42 Å². The van der Waals surface area contributed by atoms with Gasteiger partial charge in [0.15, 0.2) is 0 Å². The fourth-order valence-electron chi connectivity index (χ4n) is 3.77. The number of anilines is 2. The van der Waals surface area contributed by atoms with Gasteiger partial charge in [-0.2, -0.15) is 0 Å². The molecule has 0 unspecified atom stereocenters. The summed E-state index contributed by atoms with van der Waals surface area (Å²) in [5.74, 6) is -0.225. The first-order chi connectivity index (χ1) is 17.2. The van der Waals surface area contributed by atoms with E-state index in [9.17, 15) is 13.2 Å². The van der Waals surface area contributed by atoms with E-state index in [4.69, 9.17) is 0 Å². The zero-order chi connectivity index (χ0) is 25.7. The van der Waals surface area contributed by atoms with Crippen LogP contribution in [0, 0.1) is 13.8 Å². The zero-order valence-corrected chi connectivity index (χ0v) is 22.1. The van der Waals surface area contributed by atoms with Crippen molar-refractivity contribution in [2.45, 2.75) is 30.2 Å². The number of rotatable bonds is 8. The second-order valence-electron chi connectivity index (χ2n) is 8.62. The van der Waals surface area contributed by atoms with Gasteiger partial charge in [0.05, 0.1) is 24.2 Å². The molecule has 1 amide bonds. The summed E-state index contributed by atoms with van der Waals surface area (Å²) in [6.07, 6.45) is 1.21. The van der Waals surface area contributed by atoms with E-state index in [-0.39, 0.29) is 12.5 Å². The molecule has 4 rings (SSSR count). The van der Waals surface area contributed by atoms with Crippen molar-refractivity contribution in [1.82, 2.24) is 0 Å². The second-order valence-corrected chi connectivity index (χ2v) is 11.6. The Bertz CT molecular complexity index is 1470. The predicted molar refractivity (Wildman–Crippen MR) is 148 cm³/mol. The van der Waals surface area contributed by atoms with Crippen LogP contribution in [0.15, 0.2) is 107 Å². The van der Waals surface area contributed by atoms with Crippen LogP contribution in [0.5, 0.6) is 0 Å². The number of benzene rings is 4. The monoisotopic (exact) mass is 516 g/mol. The summed E-state index contributed by atoms with van der Waals surface area (Å²) in [6, 6.07) is 30.5. The molecule has 5 nitrogen and oxygen atoms in total. The predicted octanol–water partition coefficient (Wildman–Crippen LogP) is 6.67. The Kier molecular flexibility index (Phi) is 7.82. The standard InChI is InChI=1S/C29H28N2O3S2/c1-21-13-14-22(2)27(19-21)31(36(3,33)34)20-23-15-17-24(18-16-23)29(32)30-26-11-7-8-12-28(26)35-25-9-5-4-6-10-25/h4-19H,20H2,1-3H3,(H,30,32). The molecule has 0 radical (unpaired) electrons. The molecule has 0 saturated carbocycles. The molecule has 0 aromatic heterocycles. The van der Waals surface area contributed by atoms with Gasteiger partial charge in [-0.1, -0.05) is 66.4 Å². The molecule has 7 heteroatoms. The minimum absolute atomic E-state index is 0.182. The SMILES string of the molecule is Cc1ccc(C)c(N(Cc2ccc(C(=O)Nc3ccccc3Sc3ccccc3)cc2)S(C)(=O)=O)c1. The lowest BCUT2D eigenvalue weighted by molar-refractivity contribution is 0.102. The van der Waals surface area contributed by atoms with Crippen molar-refractivity contribution < 1.29 is 13.2 Å². The van der Waals surface area contributed by atoms with Gasteiger partial charge in [-0.15, -0.1) is 0 Å². The third-order valence-corrected chi connectivity index (χ3v) is 7.89. The van der Waals surface area contributed by atoms with Crippen LogP contribution in [0.1, 0.15) is 27.0 Å². The molecule has 4 aromatic carbocycles. The van der Waals surface area contributed by atoms with Crippen molar-refractivity contribution in [3.63, 3.8) is 0 Å². The summed E-state index contributed by atoms with van der Waals surface area (Å²) in [5.41, 5.74) is 4.55. The lowest BCUT2D eigenvalue weighted by atomic mass is 10.1. The van der Waals surface area contributed by atoms with Crippen molar-refractivity contribution in [3.05, 3.63) is 119 Å². The Morgan fingerprint density at radius 3 is 2.22 bits per heavy atom. The van der Waals surface area contributed by atoms with Crippen LogP contribution >= 0.6 is 11.8 Å². The van der Waals surface area contributed by atoms with E-state index in [0.717, 1.165) is 32.2 Å². The van der Waals surface area contributed by atoms with E-state index in [1.807, 2.05) is 86.6 Å². The van der Waals surface area contributed by atoms with Gasteiger partial charge in [0, 0.05) is 15.4 Å². The third kappa shape index (κ3) is 6.36. The topological polar surface area (TPSA) is 66.5 Å². The van der Waals surface area contributed by atoms with Crippen molar-refractivity contribution >= 4 is 39.1 Å². The number of nitrogens with zero attached hydrogens (tertiary/aromatic N) is 1. The Balaban J connectivity index is 1.51. The van der Waals surface area contributed by atoms with E-state index in [2.05, 4.69) is 5.32 Å². The molecule has 1 N–H and O–H groups in total. The number of amides is 1. The third-order valence-electron chi connectivity index (χ3n) is 5.68. The first-order valence-corrected chi connectivity index (χ1v) is 14.1. The Morgan fingerprint density at radius 2 is 1.53 bits per heavy atom. The maximum atomic E-state index is 13.0. The van der Waals surface area contributed by atoms with Crippen LogP contribution in [-0.4, -0.2) is 20.6 Å². The fourth-order valence-corrected chi connectivity index (χ4v) is 5.63. The van der Waals surface area contributed by atoms with Gasteiger partial charge in [0.2, 0.25) is 10.0 Å². The van der Waals surface area contributed by atoms with E-state index < -0.39 is 10.0 Å². The molecule has 0 fully saturated rings. The average molecular weight is 517 g/mol. The molecule has 0 aliphatic rings. The quantitative estimate of drug-likeness (QED) is 0.284. The first kappa shape index (κ1) is 25.5. The lowest BCUT2D eigenvalue weighted by Crippen LogP contribution is -2.30. The minimum atomic E-state index is -3.50. The summed E-state index contributed by atoms with van der Waals surface area (Å²) in [6.45, 7) is 4.02. The van der Waals surface area contributed by atoms with E-state index in [1.165, 1.54) is 10.6 Å². The maximum absolute atomic E-state index is 13.0. The first-order valence-electron chi connectivity index (χ1n) is 11.5. The summed E-state index contributed by atoms with van der Waals surface area (Å²) < 4.78 is 26.6. The van der Waals surface area contributed by atoms with Gasteiger partial charge in [0.1, 0.15) is 0 Å². The summed E-state index contributed by atoms with van der Waals surface area (Å²) in [4.78, 5) is 15.0. The number of carbonyl (C=O) groups is 1. The number of hydrogen-bond acceptors (Lipinski definition) is 4. The second kappa shape index (κ2) is 11.0. The molecule has 0 aliphatic heterocycles. The fraction of sp³-hybridized carbons (Fsp3) is 0.138. The number of sulfonamides is 1. The van der Waals surface area contributed by atoms with E-state index in [0.29, 0.717) is 11.3 Å². The van der Waals surface area contributed by atoms with Crippen molar-refractivity contribution in [3.8, 4) is 0 Å². The molecule has 184 valence electrons. The van der Waals surface area contributed by atoms with Crippen molar-refractivity contribution in [2.24, 2.45) is 0 Å². The molecular formula is C29H28N2O3S2. The van der Waals surface area contributed by atoms with Crippen LogP contribution < -0.4 is 9.62 Å². The van der Waals surface area contributed by atoms with Crippen LogP contribution in [0.2, 0.25) is 0 Å². The number of para-hydroxylation sites is 1. The highest BCUT2D eigenvalue weighted by Gasteiger charge is 2.20. The molecule has 0 spiro atoms. The molecule has 0 heterocycles. The van der Waals surface area contributed by atoms with Gasteiger partial charge in [0.25, 0.3) is 5.91 Å². The van der Waals surface area contributed by atoms with Gasteiger partial charge in [-0.3, -0.25) is 9.10 Å². The van der Waals surface area contributed by atoms with Crippen LogP contribution in [-0.2, 0) is 16.6 Å². The average Bonchev–Trinajstić information content (AvgIpc) is 2.86. The molecule has 0 aliphatic carbocycles. The van der Waals surface area contributed by atoms with Crippen LogP contribution in [0.4, 0.5) is 11.4 Å². The summed E-state index contributed by atoms with van der Waals surface area (Å²) in [7, 11) is -3.50. The van der Waals surface area contributed by atoms with Gasteiger partial charge >= 0.3 is 0 Å². The van der Waals surface area contributed by atoms with Crippen LogP contribution in [0.3, 0.4) is 0 Å². The molecule has 36 heavy (non-hydrogen) atoms. The molecule has 0 atom stereocenters. The molecule has 0 bridgehead atoms. The van der Waals surface area contributed by atoms with Crippen LogP contribution in [0.25, 0.3) is 0 Å². The zero-order valence-electron chi connectivity index (χ0n) is 20.4. The minimum Gasteiger partial charge on any atom is -0.321 e. The molecule has 0 saturated heterocycles. The van der Waals surface area contributed by atoms with E-state index in [1.54, 1.807) is 36.0 Å². The number of hydrogen-bond donors (Lipinski definition) is 1. The van der Waals surface area contributed by atoms with Gasteiger partial charge in [-0.05, 0) is 73.0 Å². The number of aryl methyl sites for hydroxylation is 2. The Labute approximate surface area is 217 Å². The van der Waals surface area contributed by atoms with Crippen molar-refractivity contribution in [2.75, 3.05) is 15.9 Å². The Hall–Kier alpha value is -3.55. The maximum Gasteiger partial charge on any atom is 0.255 e. The summed E-state index contributed by atoms with van der Waals surface area (Å²) >= 11 is 1.59. The van der Waals surface area contributed by atoms with Crippen molar-refractivity contribution in [1.29, 1.82) is 0 Å². The largest absolute Gasteiger partial charge is 0.321 e. The normalized spacial score (nSPS) is 11.2. The Morgan fingerprint density at radius 1 is 0.861 bits per heavy atom.